The normalized spacial score (nSPS) is 23.2. The molecule has 2 rings (SSSR count). The van der Waals surface area contributed by atoms with Crippen molar-refractivity contribution in [2.24, 2.45) is 5.92 Å². The van der Waals surface area contributed by atoms with E-state index in [0.29, 0.717) is 18.1 Å². The fourth-order valence-corrected chi connectivity index (χ4v) is 3.81. The van der Waals surface area contributed by atoms with Gasteiger partial charge in [0.2, 0.25) is 0 Å². The summed E-state index contributed by atoms with van der Waals surface area (Å²) in [6, 6.07) is 3.88. The second-order valence-electron chi connectivity index (χ2n) is 4.32. The van der Waals surface area contributed by atoms with Crippen LogP contribution in [0.2, 0.25) is 0 Å². The van der Waals surface area contributed by atoms with Gasteiger partial charge in [0.05, 0.1) is 11.5 Å². The SMILES string of the molecule is Cc1cccnc1NCC1CCS(=O)(=O)C1. The van der Waals surface area contributed by atoms with E-state index < -0.39 is 9.84 Å². The molecular formula is C11H16N2O2S. The van der Waals surface area contributed by atoms with Crippen molar-refractivity contribution < 1.29 is 8.42 Å². The minimum atomic E-state index is -2.77. The minimum absolute atomic E-state index is 0.228. The first-order chi connectivity index (χ1) is 7.57. The molecule has 1 aliphatic rings. The van der Waals surface area contributed by atoms with Gasteiger partial charge in [-0.3, -0.25) is 0 Å². The molecule has 1 aliphatic heterocycles. The Labute approximate surface area is 96.0 Å². The number of nitrogens with zero attached hydrogens (tertiary/aromatic N) is 1. The zero-order valence-electron chi connectivity index (χ0n) is 9.31. The molecule has 1 saturated heterocycles. The van der Waals surface area contributed by atoms with Crippen molar-refractivity contribution >= 4 is 15.7 Å². The van der Waals surface area contributed by atoms with E-state index in [0.717, 1.165) is 17.8 Å². The first kappa shape index (κ1) is 11.4. The van der Waals surface area contributed by atoms with Gasteiger partial charge in [-0.2, -0.15) is 0 Å². The molecule has 4 nitrogen and oxygen atoms in total. The number of nitrogens with one attached hydrogen (secondary N) is 1. The van der Waals surface area contributed by atoms with E-state index >= 15 is 0 Å². The van der Waals surface area contributed by atoms with E-state index in [4.69, 9.17) is 0 Å². The van der Waals surface area contributed by atoms with Gasteiger partial charge in [-0.15, -0.1) is 0 Å². The predicted molar refractivity (Wildman–Crippen MR) is 64.2 cm³/mol. The van der Waals surface area contributed by atoms with Crippen LogP contribution in [0, 0.1) is 12.8 Å². The van der Waals surface area contributed by atoms with Crippen LogP contribution in [0.15, 0.2) is 18.3 Å². The summed E-state index contributed by atoms with van der Waals surface area (Å²) < 4.78 is 22.6. The summed E-state index contributed by atoms with van der Waals surface area (Å²) in [5.41, 5.74) is 1.09. The largest absolute Gasteiger partial charge is 0.370 e. The van der Waals surface area contributed by atoms with Gasteiger partial charge in [-0.05, 0) is 30.9 Å². The van der Waals surface area contributed by atoms with Crippen LogP contribution in [0.5, 0.6) is 0 Å². The quantitative estimate of drug-likeness (QED) is 0.863. The summed E-state index contributed by atoms with van der Waals surface area (Å²) in [5, 5.41) is 3.22. The van der Waals surface area contributed by atoms with E-state index in [1.807, 2.05) is 19.1 Å². The monoisotopic (exact) mass is 240 g/mol. The number of rotatable bonds is 3. The topological polar surface area (TPSA) is 59.1 Å². The Kier molecular flexibility index (Phi) is 3.14. The Bertz CT molecular complexity index is 471. The molecule has 2 heterocycles. The summed E-state index contributed by atoms with van der Waals surface area (Å²) in [7, 11) is -2.77. The summed E-state index contributed by atoms with van der Waals surface area (Å²) in [6.07, 6.45) is 2.50. The molecule has 1 fully saturated rings. The Balaban J connectivity index is 1.92. The van der Waals surface area contributed by atoms with Crippen molar-refractivity contribution in [1.29, 1.82) is 0 Å². The minimum Gasteiger partial charge on any atom is -0.370 e. The smallest absolute Gasteiger partial charge is 0.150 e. The lowest BCUT2D eigenvalue weighted by atomic mass is 10.1. The molecular weight excluding hydrogens is 224 g/mol. The van der Waals surface area contributed by atoms with Gasteiger partial charge < -0.3 is 5.32 Å². The van der Waals surface area contributed by atoms with Crippen LogP contribution < -0.4 is 5.32 Å². The lowest BCUT2D eigenvalue weighted by Gasteiger charge is -2.11. The summed E-state index contributed by atoms with van der Waals surface area (Å²) in [6.45, 7) is 2.68. The number of hydrogen-bond donors (Lipinski definition) is 1. The predicted octanol–water partition coefficient (Wildman–Crippen LogP) is 1.24. The first-order valence-corrected chi connectivity index (χ1v) is 7.25. The summed E-state index contributed by atoms with van der Waals surface area (Å²) in [4.78, 5) is 4.22. The molecule has 1 aromatic rings. The van der Waals surface area contributed by atoms with E-state index in [2.05, 4.69) is 10.3 Å². The first-order valence-electron chi connectivity index (χ1n) is 5.43. The van der Waals surface area contributed by atoms with E-state index in [-0.39, 0.29) is 5.92 Å². The highest BCUT2D eigenvalue weighted by molar-refractivity contribution is 7.91. The number of hydrogen-bond acceptors (Lipinski definition) is 4. The average Bonchev–Trinajstić information content (AvgIpc) is 2.57. The van der Waals surface area contributed by atoms with Gasteiger partial charge in [0, 0.05) is 12.7 Å². The molecule has 5 heteroatoms. The van der Waals surface area contributed by atoms with Gasteiger partial charge in [0.25, 0.3) is 0 Å². The second kappa shape index (κ2) is 4.41. The standard InChI is InChI=1S/C11H16N2O2S/c1-9-3-2-5-12-11(9)13-7-10-4-6-16(14,15)8-10/h2-3,5,10H,4,6-8H2,1H3,(H,12,13). The molecule has 0 saturated carbocycles. The van der Waals surface area contributed by atoms with Crippen LogP contribution >= 0.6 is 0 Å². The molecule has 0 radical (unpaired) electrons. The van der Waals surface area contributed by atoms with Gasteiger partial charge in [0.15, 0.2) is 9.84 Å². The molecule has 0 spiro atoms. The van der Waals surface area contributed by atoms with Crippen molar-refractivity contribution in [1.82, 2.24) is 4.98 Å². The lowest BCUT2D eigenvalue weighted by Crippen LogP contribution is -2.16. The number of aromatic nitrogens is 1. The molecule has 88 valence electrons. The second-order valence-corrected chi connectivity index (χ2v) is 6.55. The molecule has 16 heavy (non-hydrogen) atoms. The van der Waals surface area contributed by atoms with Crippen LogP contribution in [0.3, 0.4) is 0 Å². The molecule has 0 bridgehead atoms. The Morgan fingerprint density at radius 2 is 2.38 bits per heavy atom. The molecule has 1 N–H and O–H groups in total. The van der Waals surface area contributed by atoms with E-state index in [9.17, 15) is 8.42 Å². The fourth-order valence-electron chi connectivity index (χ4n) is 1.94. The maximum Gasteiger partial charge on any atom is 0.150 e. The van der Waals surface area contributed by atoms with Crippen LogP contribution in [0.25, 0.3) is 0 Å². The van der Waals surface area contributed by atoms with Crippen molar-refractivity contribution in [3.05, 3.63) is 23.9 Å². The number of pyridine rings is 1. The third-order valence-corrected chi connectivity index (χ3v) is 4.73. The van der Waals surface area contributed by atoms with Gasteiger partial charge in [-0.1, -0.05) is 6.07 Å². The van der Waals surface area contributed by atoms with Crippen LogP contribution in [0.1, 0.15) is 12.0 Å². The number of aryl methyl sites for hydroxylation is 1. The molecule has 1 unspecified atom stereocenters. The van der Waals surface area contributed by atoms with Crippen molar-refractivity contribution in [2.75, 3.05) is 23.4 Å². The summed E-state index contributed by atoms with van der Waals surface area (Å²) >= 11 is 0. The maximum atomic E-state index is 11.3. The fraction of sp³-hybridized carbons (Fsp3) is 0.545. The van der Waals surface area contributed by atoms with Crippen LogP contribution in [-0.2, 0) is 9.84 Å². The number of sulfone groups is 1. The molecule has 1 atom stereocenters. The van der Waals surface area contributed by atoms with E-state index in [1.54, 1.807) is 6.20 Å². The zero-order valence-corrected chi connectivity index (χ0v) is 10.1. The lowest BCUT2D eigenvalue weighted by molar-refractivity contribution is 0.595. The van der Waals surface area contributed by atoms with E-state index in [1.165, 1.54) is 0 Å². The Morgan fingerprint density at radius 3 is 3.00 bits per heavy atom. The molecule has 0 amide bonds. The molecule has 0 aliphatic carbocycles. The summed E-state index contributed by atoms with van der Waals surface area (Å²) in [5.74, 6) is 1.73. The third-order valence-electron chi connectivity index (χ3n) is 2.89. The molecule has 0 aromatic carbocycles. The van der Waals surface area contributed by atoms with Gasteiger partial charge >= 0.3 is 0 Å². The van der Waals surface area contributed by atoms with Gasteiger partial charge in [0.1, 0.15) is 5.82 Å². The average molecular weight is 240 g/mol. The van der Waals surface area contributed by atoms with Gasteiger partial charge in [-0.25, -0.2) is 13.4 Å². The highest BCUT2D eigenvalue weighted by Crippen LogP contribution is 2.19. The maximum absolute atomic E-state index is 11.3. The van der Waals surface area contributed by atoms with Crippen molar-refractivity contribution in [2.45, 2.75) is 13.3 Å². The molecule has 1 aromatic heterocycles. The Morgan fingerprint density at radius 1 is 1.56 bits per heavy atom. The van der Waals surface area contributed by atoms with Crippen molar-refractivity contribution in [3.8, 4) is 0 Å². The highest BCUT2D eigenvalue weighted by Gasteiger charge is 2.27. The number of anilines is 1. The Hall–Kier alpha value is -1.10. The zero-order chi connectivity index (χ0) is 11.6. The third kappa shape index (κ3) is 2.72. The van der Waals surface area contributed by atoms with Crippen LogP contribution in [0.4, 0.5) is 5.82 Å². The van der Waals surface area contributed by atoms with Crippen molar-refractivity contribution in [3.63, 3.8) is 0 Å². The highest BCUT2D eigenvalue weighted by atomic mass is 32.2. The van der Waals surface area contributed by atoms with Crippen LogP contribution in [-0.4, -0.2) is 31.5 Å².